The Morgan fingerprint density at radius 1 is 1.30 bits per heavy atom. The fraction of sp³-hybridized carbons (Fsp3) is 0.467. The molecule has 5 heteroatoms. The number of rotatable bonds is 9. The van der Waals surface area contributed by atoms with Gasteiger partial charge < -0.3 is 20.0 Å². The van der Waals surface area contributed by atoms with Gasteiger partial charge >= 0.3 is 0 Å². The molecule has 1 atom stereocenters. The van der Waals surface area contributed by atoms with E-state index in [1.54, 1.807) is 36.5 Å². The van der Waals surface area contributed by atoms with E-state index < -0.39 is 12.0 Å². The van der Waals surface area contributed by atoms with Gasteiger partial charge in [-0.2, -0.15) is 0 Å². The van der Waals surface area contributed by atoms with E-state index in [4.69, 9.17) is 4.74 Å². The fourth-order valence-electron chi connectivity index (χ4n) is 1.66. The van der Waals surface area contributed by atoms with Crippen LogP contribution >= 0.6 is 0 Å². The molecule has 1 aromatic carbocycles. The number of ketones is 1. The van der Waals surface area contributed by atoms with E-state index in [1.807, 2.05) is 6.92 Å². The first-order valence-electron chi connectivity index (χ1n) is 6.84. The molecule has 0 radical (unpaired) electrons. The lowest BCUT2D eigenvalue weighted by molar-refractivity contribution is -0.679. The number of carboxylic acid groups (broad SMARTS) is 1. The summed E-state index contributed by atoms with van der Waals surface area (Å²) in [6, 6.07) is 6.38. The van der Waals surface area contributed by atoms with Crippen molar-refractivity contribution in [2.45, 2.75) is 32.7 Å². The van der Waals surface area contributed by atoms with Crippen LogP contribution in [0.1, 0.15) is 37.0 Å². The zero-order valence-electron chi connectivity index (χ0n) is 11.9. The van der Waals surface area contributed by atoms with Crippen LogP contribution in [-0.2, 0) is 4.79 Å². The van der Waals surface area contributed by atoms with Crippen LogP contribution in [0.4, 0.5) is 0 Å². The average Bonchev–Trinajstić information content (AvgIpc) is 2.45. The number of aliphatic carboxylic acids is 1. The number of benzene rings is 1. The van der Waals surface area contributed by atoms with Crippen LogP contribution in [0, 0.1) is 0 Å². The van der Waals surface area contributed by atoms with Gasteiger partial charge in [0.05, 0.1) is 25.5 Å². The third-order valence-corrected chi connectivity index (χ3v) is 2.91. The zero-order chi connectivity index (χ0) is 15.0. The molecule has 1 rings (SSSR count). The van der Waals surface area contributed by atoms with E-state index in [0.29, 0.717) is 25.1 Å². The SMILES string of the molecule is CCCOc1ccc(C(=O)CC[NH2+]C(C)C(=O)[O-])cc1. The first-order chi connectivity index (χ1) is 9.54. The second-order valence-electron chi connectivity index (χ2n) is 4.68. The molecule has 0 aliphatic rings. The van der Waals surface area contributed by atoms with Crippen LogP contribution in [0.5, 0.6) is 5.75 Å². The topological polar surface area (TPSA) is 83.0 Å². The standard InChI is InChI=1S/C15H21NO4/c1-3-10-20-13-6-4-12(5-7-13)14(17)8-9-16-11(2)15(18)19/h4-7,11,16H,3,8-10H2,1-2H3,(H,18,19). The number of carboxylic acids is 1. The molecule has 0 saturated heterocycles. The number of hydrogen-bond donors (Lipinski definition) is 1. The van der Waals surface area contributed by atoms with E-state index >= 15 is 0 Å². The number of ether oxygens (including phenoxy) is 1. The largest absolute Gasteiger partial charge is 0.544 e. The van der Waals surface area contributed by atoms with Gasteiger partial charge in [-0.25, -0.2) is 0 Å². The first kappa shape index (κ1) is 16.2. The number of Topliss-reactive ketones (excluding diaryl/α,β-unsaturated/α-hetero) is 1. The second kappa shape index (κ2) is 8.32. The normalized spacial score (nSPS) is 11.9. The van der Waals surface area contributed by atoms with Gasteiger partial charge in [-0.1, -0.05) is 6.92 Å². The van der Waals surface area contributed by atoms with Crippen LogP contribution in [-0.4, -0.2) is 30.9 Å². The number of carbonyl (C=O) groups is 2. The predicted octanol–water partition coefficient (Wildman–Crippen LogP) is -0.250. The van der Waals surface area contributed by atoms with Crippen LogP contribution < -0.4 is 15.2 Å². The molecule has 0 heterocycles. The highest BCUT2D eigenvalue weighted by atomic mass is 16.5. The summed E-state index contributed by atoms with van der Waals surface area (Å²) in [5, 5.41) is 12.1. The van der Waals surface area contributed by atoms with E-state index in [2.05, 4.69) is 0 Å². The summed E-state index contributed by atoms with van der Waals surface area (Å²) < 4.78 is 5.44. The van der Waals surface area contributed by atoms with Crippen molar-refractivity contribution < 1.29 is 24.7 Å². The third kappa shape index (κ3) is 5.40. The molecule has 0 fully saturated rings. The minimum absolute atomic E-state index is 0.00570. The molecule has 2 N–H and O–H groups in total. The minimum atomic E-state index is -1.12. The molecule has 1 aromatic rings. The molecule has 0 amide bonds. The smallest absolute Gasteiger partial charge is 0.168 e. The molecule has 0 aliphatic carbocycles. The minimum Gasteiger partial charge on any atom is -0.544 e. The predicted molar refractivity (Wildman–Crippen MR) is 72.4 cm³/mol. The van der Waals surface area contributed by atoms with Gasteiger partial charge in [0.1, 0.15) is 11.8 Å². The summed E-state index contributed by atoms with van der Waals surface area (Å²) >= 11 is 0. The quantitative estimate of drug-likeness (QED) is 0.632. The Bertz CT molecular complexity index is 442. The first-order valence-corrected chi connectivity index (χ1v) is 6.84. The maximum atomic E-state index is 11.9. The van der Waals surface area contributed by atoms with Gasteiger partial charge in [-0.05, 0) is 37.6 Å². The van der Waals surface area contributed by atoms with Crippen molar-refractivity contribution in [2.75, 3.05) is 13.2 Å². The Balaban J connectivity index is 2.41. The molecule has 110 valence electrons. The maximum Gasteiger partial charge on any atom is 0.168 e. The molecule has 0 aromatic heterocycles. The number of hydrogen-bond acceptors (Lipinski definition) is 4. The summed E-state index contributed by atoms with van der Waals surface area (Å²) in [5.74, 6) is -0.371. The van der Waals surface area contributed by atoms with Gasteiger partial charge in [0.15, 0.2) is 5.78 Å². The van der Waals surface area contributed by atoms with Crippen molar-refractivity contribution in [2.24, 2.45) is 0 Å². The van der Waals surface area contributed by atoms with Gasteiger partial charge in [-0.15, -0.1) is 0 Å². The molecule has 0 saturated carbocycles. The summed E-state index contributed by atoms with van der Waals surface area (Å²) in [6.45, 7) is 4.66. The summed E-state index contributed by atoms with van der Waals surface area (Å²) in [6.07, 6.45) is 1.24. The monoisotopic (exact) mass is 279 g/mol. The van der Waals surface area contributed by atoms with Gasteiger partial charge in [0, 0.05) is 5.56 Å². The summed E-state index contributed by atoms with van der Waals surface area (Å²) in [4.78, 5) is 22.4. The van der Waals surface area contributed by atoms with Crippen molar-refractivity contribution in [3.8, 4) is 5.75 Å². The lowest BCUT2D eigenvalue weighted by Gasteiger charge is -2.10. The van der Waals surface area contributed by atoms with Crippen molar-refractivity contribution in [3.05, 3.63) is 29.8 Å². The molecule has 5 nitrogen and oxygen atoms in total. The van der Waals surface area contributed by atoms with Gasteiger partial charge in [0.25, 0.3) is 0 Å². The van der Waals surface area contributed by atoms with Crippen LogP contribution in [0.15, 0.2) is 24.3 Å². The summed E-state index contributed by atoms with van der Waals surface area (Å²) in [5.41, 5.74) is 0.614. The second-order valence-corrected chi connectivity index (χ2v) is 4.68. The molecule has 1 unspecified atom stereocenters. The highest BCUT2D eigenvalue weighted by Crippen LogP contribution is 2.13. The fourth-order valence-corrected chi connectivity index (χ4v) is 1.66. The maximum absolute atomic E-state index is 11.9. The van der Waals surface area contributed by atoms with Crippen LogP contribution in [0.2, 0.25) is 0 Å². The Morgan fingerprint density at radius 2 is 1.95 bits per heavy atom. The van der Waals surface area contributed by atoms with E-state index in [-0.39, 0.29) is 5.78 Å². The Labute approximate surface area is 118 Å². The molecule has 0 aliphatic heterocycles. The number of carbonyl (C=O) groups excluding carboxylic acids is 2. The molecular formula is C15H21NO4. The highest BCUT2D eigenvalue weighted by molar-refractivity contribution is 5.96. The number of nitrogens with two attached hydrogens (primary N) is 1. The highest BCUT2D eigenvalue weighted by Gasteiger charge is 2.10. The van der Waals surface area contributed by atoms with Crippen LogP contribution in [0.25, 0.3) is 0 Å². The van der Waals surface area contributed by atoms with E-state index in [0.717, 1.165) is 12.2 Å². The van der Waals surface area contributed by atoms with Crippen molar-refractivity contribution >= 4 is 11.8 Å². The molecule has 20 heavy (non-hydrogen) atoms. The Kier molecular flexibility index (Phi) is 6.73. The molecule has 0 bridgehead atoms. The van der Waals surface area contributed by atoms with Crippen molar-refractivity contribution in [1.29, 1.82) is 0 Å². The molecular weight excluding hydrogens is 258 g/mol. The lowest BCUT2D eigenvalue weighted by Crippen LogP contribution is -2.92. The lowest BCUT2D eigenvalue weighted by atomic mass is 10.1. The third-order valence-electron chi connectivity index (χ3n) is 2.91. The Hall–Kier alpha value is -1.88. The van der Waals surface area contributed by atoms with E-state index in [1.165, 1.54) is 0 Å². The Morgan fingerprint density at radius 3 is 2.50 bits per heavy atom. The van der Waals surface area contributed by atoms with Crippen molar-refractivity contribution in [1.82, 2.24) is 0 Å². The van der Waals surface area contributed by atoms with Crippen molar-refractivity contribution in [3.63, 3.8) is 0 Å². The average molecular weight is 279 g/mol. The van der Waals surface area contributed by atoms with Crippen LogP contribution in [0.3, 0.4) is 0 Å². The number of quaternary nitrogens is 1. The summed E-state index contributed by atoms with van der Waals surface area (Å²) in [7, 11) is 0. The van der Waals surface area contributed by atoms with E-state index in [9.17, 15) is 14.7 Å². The zero-order valence-corrected chi connectivity index (χ0v) is 11.9. The van der Waals surface area contributed by atoms with Gasteiger partial charge in [-0.3, -0.25) is 4.79 Å². The van der Waals surface area contributed by atoms with Gasteiger partial charge in [0.2, 0.25) is 0 Å². The molecule has 0 spiro atoms.